The highest BCUT2D eigenvalue weighted by Crippen LogP contribution is 2.40. The summed E-state index contributed by atoms with van der Waals surface area (Å²) in [5.74, 6) is 0.943. The van der Waals surface area contributed by atoms with Crippen LogP contribution in [0.5, 0.6) is 11.5 Å². The van der Waals surface area contributed by atoms with Gasteiger partial charge >= 0.3 is 0 Å². The fourth-order valence-corrected chi connectivity index (χ4v) is 2.14. The lowest BCUT2D eigenvalue weighted by molar-refractivity contribution is 0.111. The zero-order valence-electron chi connectivity index (χ0n) is 8.33. The lowest BCUT2D eigenvalue weighted by atomic mass is 10.1. The average molecular weight is 282 g/mol. The molecule has 82 valence electrons. The van der Waals surface area contributed by atoms with Gasteiger partial charge in [-0.25, -0.2) is 0 Å². The van der Waals surface area contributed by atoms with Gasteiger partial charge in [0, 0.05) is 10.0 Å². The van der Waals surface area contributed by atoms with Gasteiger partial charge in [-0.3, -0.25) is 4.79 Å². The monoisotopic (exact) mass is 281 g/mol. The van der Waals surface area contributed by atoms with Crippen molar-refractivity contribution in [1.29, 1.82) is 5.26 Å². The number of benzene rings is 1. The van der Waals surface area contributed by atoms with E-state index in [1.165, 1.54) is 0 Å². The molecule has 0 radical (unpaired) electrons. The number of hydrogen-bond acceptors (Lipinski definition) is 4. The van der Waals surface area contributed by atoms with Gasteiger partial charge in [0.05, 0.1) is 18.1 Å². The molecule has 16 heavy (non-hydrogen) atoms. The van der Waals surface area contributed by atoms with Gasteiger partial charge in [0.2, 0.25) is 0 Å². The number of carbonyl (C=O) groups is 1. The van der Waals surface area contributed by atoms with Gasteiger partial charge in [0.15, 0.2) is 17.8 Å². The summed E-state index contributed by atoms with van der Waals surface area (Å²) in [5, 5.41) is 8.71. The van der Waals surface area contributed by atoms with E-state index in [0.29, 0.717) is 41.0 Å². The van der Waals surface area contributed by atoms with E-state index in [-0.39, 0.29) is 6.42 Å². The Bertz CT molecular complexity index is 479. The first-order valence-corrected chi connectivity index (χ1v) is 5.50. The van der Waals surface area contributed by atoms with E-state index in [1.54, 1.807) is 6.07 Å². The van der Waals surface area contributed by atoms with Crippen LogP contribution in [0.2, 0.25) is 0 Å². The molecule has 0 fully saturated rings. The number of hydrogen-bond donors (Lipinski definition) is 0. The topological polar surface area (TPSA) is 59.3 Å². The van der Waals surface area contributed by atoms with Crippen LogP contribution in [-0.4, -0.2) is 19.5 Å². The molecule has 1 aliphatic heterocycles. The Morgan fingerprint density at radius 3 is 2.75 bits per heavy atom. The molecule has 1 aromatic carbocycles. The molecular weight excluding hydrogens is 274 g/mol. The highest BCUT2D eigenvalue weighted by atomic mass is 79.9. The number of nitrogens with zero attached hydrogens (tertiary/aromatic N) is 1. The second-order valence-corrected chi connectivity index (χ2v) is 4.09. The molecule has 0 amide bonds. The van der Waals surface area contributed by atoms with Crippen molar-refractivity contribution in [1.82, 2.24) is 0 Å². The van der Waals surface area contributed by atoms with E-state index in [2.05, 4.69) is 22.0 Å². The van der Waals surface area contributed by atoms with Crippen molar-refractivity contribution in [2.24, 2.45) is 0 Å². The van der Waals surface area contributed by atoms with Crippen LogP contribution in [0.25, 0.3) is 0 Å². The normalized spacial score (nSPS) is 13.0. The molecule has 0 aliphatic carbocycles. The molecule has 1 aliphatic rings. The van der Waals surface area contributed by atoms with Crippen LogP contribution in [-0.2, 0) is 6.42 Å². The van der Waals surface area contributed by atoms with Crippen molar-refractivity contribution in [2.45, 2.75) is 6.42 Å². The van der Waals surface area contributed by atoms with Crippen molar-refractivity contribution in [3.8, 4) is 17.6 Å². The number of aldehydes is 1. The molecule has 1 heterocycles. The second kappa shape index (κ2) is 4.54. The third-order valence-electron chi connectivity index (χ3n) is 2.26. The van der Waals surface area contributed by atoms with Crippen molar-refractivity contribution >= 4 is 22.2 Å². The Kier molecular flexibility index (Phi) is 3.11. The van der Waals surface area contributed by atoms with Crippen LogP contribution < -0.4 is 9.47 Å². The third kappa shape index (κ3) is 1.76. The van der Waals surface area contributed by atoms with Gasteiger partial charge in [-0.15, -0.1) is 0 Å². The Balaban J connectivity index is 2.62. The van der Waals surface area contributed by atoms with Gasteiger partial charge < -0.3 is 9.47 Å². The minimum atomic E-state index is 0.226. The maximum absolute atomic E-state index is 10.9. The largest absolute Gasteiger partial charge is 0.486 e. The summed E-state index contributed by atoms with van der Waals surface area (Å²) in [4.78, 5) is 10.9. The average Bonchev–Trinajstić information content (AvgIpc) is 2.30. The van der Waals surface area contributed by atoms with Crippen molar-refractivity contribution in [3.05, 3.63) is 21.7 Å². The predicted molar refractivity (Wildman–Crippen MR) is 59.8 cm³/mol. The van der Waals surface area contributed by atoms with E-state index in [0.717, 1.165) is 5.56 Å². The fraction of sp³-hybridized carbons (Fsp3) is 0.273. The first-order chi connectivity index (χ1) is 7.77. The predicted octanol–water partition coefficient (Wildman–Crippen LogP) is 2.10. The summed E-state index contributed by atoms with van der Waals surface area (Å²) in [6.45, 7) is 0.849. The van der Waals surface area contributed by atoms with Crippen LogP contribution in [0, 0.1) is 11.3 Å². The maximum atomic E-state index is 10.9. The molecule has 0 bridgehead atoms. The molecule has 4 nitrogen and oxygen atoms in total. The summed E-state index contributed by atoms with van der Waals surface area (Å²) in [6.07, 6.45) is 0.942. The quantitative estimate of drug-likeness (QED) is 0.779. The smallest absolute Gasteiger partial charge is 0.173 e. The lowest BCUT2D eigenvalue weighted by Gasteiger charge is -2.22. The zero-order valence-corrected chi connectivity index (χ0v) is 9.91. The van der Waals surface area contributed by atoms with Gasteiger partial charge in [-0.05, 0) is 22.0 Å². The van der Waals surface area contributed by atoms with Crippen LogP contribution >= 0.6 is 15.9 Å². The number of carbonyl (C=O) groups excluding carboxylic acids is 1. The highest BCUT2D eigenvalue weighted by molar-refractivity contribution is 9.10. The molecule has 2 rings (SSSR count). The van der Waals surface area contributed by atoms with E-state index < -0.39 is 0 Å². The molecule has 0 unspecified atom stereocenters. The molecule has 0 atom stereocenters. The number of nitriles is 1. The summed E-state index contributed by atoms with van der Waals surface area (Å²) in [5.41, 5.74) is 1.16. The third-order valence-corrected chi connectivity index (χ3v) is 2.92. The summed E-state index contributed by atoms with van der Waals surface area (Å²) in [7, 11) is 0. The molecule has 0 N–H and O–H groups in total. The molecule has 5 heteroatoms. The SMILES string of the molecule is N#CCc1cc(Br)c(C=O)c2c1OCCO2. The Labute approximate surface area is 101 Å². The molecular formula is C11H8BrNO3. The van der Waals surface area contributed by atoms with Crippen LogP contribution in [0.4, 0.5) is 0 Å². The standard InChI is InChI=1S/C11H8BrNO3/c12-9-5-7(1-2-13)10-11(8(9)6-14)16-4-3-15-10/h5-6H,1,3-4H2. The number of rotatable bonds is 2. The van der Waals surface area contributed by atoms with E-state index in [9.17, 15) is 4.79 Å². The lowest BCUT2D eigenvalue weighted by Crippen LogP contribution is -2.18. The summed E-state index contributed by atoms with van der Waals surface area (Å²) < 4.78 is 11.5. The number of ether oxygens (including phenoxy) is 2. The Hall–Kier alpha value is -1.54. The van der Waals surface area contributed by atoms with Gasteiger partial charge in [0.1, 0.15) is 13.2 Å². The minimum absolute atomic E-state index is 0.226. The van der Waals surface area contributed by atoms with Gasteiger partial charge in [-0.1, -0.05) is 0 Å². The minimum Gasteiger partial charge on any atom is -0.486 e. The Morgan fingerprint density at radius 2 is 2.12 bits per heavy atom. The van der Waals surface area contributed by atoms with Gasteiger partial charge in [-0.2, -0.15) is 5.26 Å². The summed E-state index contributed by atoms with van der Waals surface area (Å²) >= 11 is 3.28. The maximum Gasteiger partial charge on any atom is 0.173 e. The van der Waals surface area contributed by atoms with E-state index >= 15 is 0 Å². The number of fused-ring (bicyclic) bond motifs is 1. The Morgan fingerprint density at radius 1 is 1.44 bits per heavy atom. The second-order valence-electron chi connectivity index (χ2n) is 3.24. The van der Waals surface area contributed by atoms with Crippen molar-refractivity contribution in [2.75, 3.05) is 13.2 Å². The van der Waals surface area contributed by atoms with Crippen molar-refractivity contribution in [3.63, 3.8) is 0 Å². The molecule has 1 aromatic rings. The van der Waals surface area contributed by atoms with Crippen LogP contribution in [0.3, 0.4) is 0 Å². The first-order valence-electron chi connectivity index (χ1n) is 4.71. The highest BCUT2D eigenvalue weighted by Gasteiger charge is 2.22. The zero-order chi connectivity index (χ0) is 11.5. The molecule has 0 saturated carbocycles. The van der Waals surface area contributed by atoms with Gasteiger partial charge in [0.25, 0.3) is 0 Å². The van der Waals surface area contributed by atoms with E-state index in [4.69, 9.17) is 14.7 Å². The van der Waals surface area contributed by atoms with Crippen molar-refractivity contribution < 1.29 is 14.3 Å². The molecule has 0 spiro atoms. The first kappa shape index (κ1) is 11.0. The fourth-order valence-electron chi connectivity index (χ4n) is 1.59. The van der Waals surface area contributed by atoms with E-state index in [1.807, 2.05) is 0 Å². The molecule has 0 aromatic heterocycles. The van der Waals surface area contributed by atoms with Crippen LogP contribution in [0.1, 0.15) is 15.9 Å². The summed E-state index contributed by atoms with van der Waals surface area (Å²) in [6, 6.07) is 3.78. The van der Waals surface area contributed by atoms with Crippen LogP contribution in [0.15, 0.2) is 10.5 Å². The molecule has 0 saturated heterocycles. The number of halogens is 1.